The van der Waals surface area contributed by atoms with E-state index in [4.69, 9.17) is 0 Å². The summed E-state index contributed by atoms with van der Waals surface area (Å²) < 4.78 is 0. The van der Waals surface area contributed by atoms with Gasteiger partial charge in [0.25, 0.3) is 0 Å². The van der Waals surface area contributed by atoms with Gasteiger partial charge in [0.2, 0.25) is 0 Å². The van der Waals surface area contributed by atoms with E-state index in [9.17, 15) is 25.0 Å². The van der Waals surface area contributed by atoms with Crippen molar-refractivity contribution in [2.75, 3.05) is 0 Å². The summed E-state index contributed by atoms with van der Waals surface area (Å²) in [5, 5.41) is 33.7. The lowest BCUT2D eigenvalue weighted by molar-refractivity contribution is 0.0974. The van der Waals surface area contributed by atoms with Gasteiger partial charge in [0.15, 0.2) is 11.6 Å². The molecule has 6 nitrogen and oxygen atoms in total. The van der Waals surface area contributed by atoms with E-state index in [0.717, 1.165) is 25.7 Å². The molecule has 0 bridgehead atoms. The summed E-state index contributed by atoms with van der Waals surface area (Å²) in [6.45, 7) is 2.08. The highest BCUT2D eigenvalue weighted by atomic mass is 16.4. The van der Waals surface area contributed by atoms with E-state index >= 15 is 0 Å². The molecule has 0 unspecified atom stereocenters. The summed E-state index contributed by atoms with van der Waals surface area (Å²) in [6, 6.07) is 7.46. The van der Waals surface area contributed by atoms with Crippen molar-refractivity contribution in [1.82, 2.24) is 0 Å². The zero-order valence-corrected chi connectivity index (χ0v) is 15.0. The minimum Gasteiger partial charge on any atom is -0.507 e. The van der Waals surface area contributed by atoms with Gasteiger partial charge in [0.05, 0.1) is 16.8 Å². The number of rotatable bonds is 6. The highest BCUT2D eigenvalue weighted by Gasteiger charge is 2.36. The molecule has 2 aromatic rings. The molecule has 140 valence electrons. The normalized spacial score (nSPS) is 13.4. The van der Waals surface area contributed by atoms with Crippen molar-refractivity contribution >= 4 is 17.3 Å². The number of hydrogen-bond acceptors (Lipinski definition) is 6. The van der Waals surface area contributed by atoms with Gasteiger partial charge in [0.1, 0.15) is 11.5 Å². The maximum atomic E-state index is 12.9. The summed E-state index contributed by atoms with van der Waals surface area (Å²) >= 11 is 0. The molecule has 0 spiro atoms. The first-order valence-corrected chi connectivity index (χ1v) is 8.99. The second kappa shape index (κ2) is 7.61. The summed E-state index contributed by atoms with van der Waals surface area (Å²) in [6.07, 6.45) is 4.12. The van der Waals surface area contributed by atoms with Gasteiger partial charge >= 0.3 is 0 Å². The number of carbonyl (C=O) groups excluding carboxylic acids is 2. The number of oxime groups is 1. The van der Waals surface area contributed by atoms with E-state index in [0.29, 0.717) is 6.42 Å². The smallest absolute Gasteiger partial charge is 0.198 e. The SMILES string of the molecule is CCCCCC/C(=N/O)c1cc(O)c2c(c1O)C(=O)c1ccccc1C2=O. The fourth-order valence-corrected chi connectivity index (χ4v) is 3.44. The largest absolute Gasteiger partial charge is 0.507 e. The Morgan fingerprint density at radius 3 is 2.19 bits per heavy atom. The molecule has 3 rings (SSSR count). The van der Waals surface area contributed by atoms with E-state index in [1.54, 1.807) is 12.1 Å². The molecule has 6 heteroatoms. The molecular weight excluding hydrogens is 346 g/mol. The molecule has 2 aromatic carbocycles. The van der Waals surface area contributed by atoms with Crippen LogP contribution in [0.5, 0.6) is 11.5 Å². The fourth-order valence-electron chi connectivity index (χ4n) is 3.44. The van der Waals surface area contributed by atoms with Gasteiger partial charge in [0, 0.05) is 16.7 Å². The third kappa shape index (κ3) is 3.18. The standard InChI is InChI=1S/C21H21NO5/c1-2-3-4-5-10-15(22-27)14-11-16(23)17-18(21(14)26)20(25)13-9-7-6-8-12(13)19(17)24/h6-9,11,23,26-27H,2-5,10H2,1H3/b22-15-. The number of ketones is 2. The molecule has 1 aliphatic rings. The molecule has 0 fully saturated rings. The van der Waals surface area contributed by atoms with E-state index in [-0.39, 0.29) is 33.5 Å². The Kier molecular flexibility index (Phi) is 5.26. The highest BCUT2D eigenvalue weighted by molar-refractivity contribution is 6.31. The molecule has 0 amide bonds. The number of unbranched alkanes of at least 4 members (excludes halogenated alkanes) is 3. The number of benzene rings is 2. The second-order valence-electron chi connectivity index (χ2n) is 6.60. The van der Waals surface area contributed by atoms with Crippen molar-refractivity contribution in [3.05, 3.63) is 58.1 Å². The molecule has 3 N–H and O–H groups in total. The van der Waals surface area contributed by atoms with E-state index in [1.807, 2.05) is 0 Å². The maximum Gasteiger partial charge on any atom is 0.198 e. The van der Waals surface area contributed by atoms with Gasteiger partial charge in [-0.3, -0.25) is 9.59 Å². The summed E-state index contributed by atoms with van der Waals surface area (Å²) in [5.74, 6) is -1.93. The quantitative estimate of drug-likeness (QED) is 0.200. The van der Waals surface area contributed by atoms with Crippen LogP contribution in [0.25, 0.3) is 0 Å². The van der Waals surface area contributed by atoms with Crippen LogP contribution in [-0.4, -0.2) is 32.7 Å². The van der Waals surface area contributed by atoms with Crippen LogP contribution in [0, 0.1) is 0 Å². The fraction of sp³-hybridized carbons (Fsp3) is 0.286. The number of nitrogens with zero attached hydrogens (tertiary/aromatic N) is 1. The van der Waals surface area contributed by atoms with Crippen molar-refractivity contribution in [2.45, 2.75) is 39.0 Å². The first-order valence-electron chi connectivity index (χ1n) is 8.99. The average molecular weight is 367 g/mol. The Labute approximate surface area is 156 Å². The van der Waals surface area contributed by atoms with Crippen LogP contribution in [-0.2, 0) is 0 Å². The van der Waals surface area contributed by atoms with Crippen molar-refractivity contribution < 1.29 is 25.0 Å². The molecule has 0 heterocycles. The van der Waals surface area contributed by atoms with Crippen molar-refractivity contribution in [2.24, 2.45) is 5.16 Å². The van der Waals surface area contributed by atoms with Crippen LogP contribution < -0.4 is 0 Å². The molecule has 0 aromatic heterocycles. The number of phenolic OH excluding ortho intramolecular Hbond substituents is 2. The van der Waals surface area contributed by atoms with E-state index < -0.39 is 23.1 Å². The first kappa shape index (κ1) is 18.6. The molecular formula is C21H21NO5. The van der Waals surface area contributed by atoms with Gasteiger partial charge in [-0.15, -0.1) is 0 Å². The monoisotopic (exact) mass is 367 g/mol. The van der Waals surface area contributed by atoms with Gasteiger partial charge in [-0.1, -0.05) is 55.6 Å². The first-order chi connectivity index (χ1) is 13.0. The van der Waals surface area contributed by atoms with Crippen LogP contribution in [0.3, 0.4) is 0 Å². The lowest BCUT2D eigenvalue weighted by Crippen LogP contribution is -2.22. The van der Waals surface area contributed by atoms with Gasteiger partial charge in [-0.25, -0.2) is 0 Å². The minimum absolute atomic E-state index is 0.0609. The minimum atomic E-state index is -0.543. The Bertz CT molecular complexity index is 946. The highest BCUT2D eigenvalue weighted by Crippen LogP contribution is 2.40. The Hall–Kier alpha value is -3.15. The van der Waals surface area contributed by atoms with Crippen LogP contribution in [0.15, 0.2) is 35.5 Å². The van der Waals surface area contributed by atoms with Crippen LogP contribution in [0.2, 0.25) is 0 Å². The van der Waals surface area contributed by atoms with Crippen molar-refractivity contribution in [1.29, 1.82) is 0 Å². The molecule has 0 atom stereocenters. The van der Waals surface area contributed by atoms with Crippen molar-refractivity contribution in [3.8, 4) is 11.5 Å². The van der Waals surface area contributed by atoms with Crippen LogP contribution in [0.4, 0.5) is 0 Å². The van der Waals surface area contributed by atoms with Crippen LogP contribution >= 0.6 is 0 Å². The molecule has 1 aliphatic carbocycles. The Morgan fingerprint density at radius 2 is 1.59 bits per heavy atom. The van der Waals surface area contributed by atoms with Crippen LogP contribution in [0.1, 0.15) is 76.4 Å². The predicted octanol–water partition coefficient (Wildman–Crippen LogP) is 4.02. The summed E-state index contributed by atoms with van der Waals surface area (Å²) in [7, 11) is 0. The van der Waals surface area contributed by atoms with Gasteiger partial charge in [-0.05, 0) is 18.9 Å². The predicted molar refractivity (Wildman–Crippen MR) is 100 cm³/mol. The Morgan fingerprint density at radius 1 is 0.963 bits per heavy atom. The molecule has 0 saturated carbocycles. The van der Waals surface area contributed by atoms with E-state index in [2.05, 4.69) is 12.1 Å². The number of aromatic hydroxyl groups is 2. The lowest BCUT2D eigenvalue weighted by Gasteiger charge is -2.21. The zero-order valence-electron chi connectivity index (χ0n) is 15.0. The zero-order chi connectivity index (χ0) is 19.6. The molecule has 0 saturated heterocycles. The third-order valence-electron chi connectivity index (χ3n) is 4.85. The second-order valence-corrected chi connectivity index (χ2v) is 6.60. The average Bonchev–Trinajstić information content (AvgIpc) is 2.68. The molecule has 0 aliphatic heterocycles. The van der Waals surface area contributed by atoms with E-state index in [1.165, 1.54) is 18.2 Å². The number of fused-ring (bicyclic) bond motifs is 2. The van der Waals surface area contributed by atoms with Gasteiger partial charge in [-0.2, -0.15) is 0 Å². The third-order valence-corrected chi connectivity index (χ3v) is 4.85. The Balaban J connectivity index is 2.08. The van der Waals surface area contributed by atoms with Gasteiger partial charge < -0.3 is 15.4 Å². The summed E-state index contributed by atoms with van der Waals surface area (Å²) in [4.78, 5) is 25.6. The number of hydrogen-bond donors (Lipinski definition) is 3. The molecule has 27 heavy (non-hydrogen) atoms. The number of carbonyl (C=O) groups is 2. The lowest BCUT2D eigenvalue weighted by atomic mass is 9.81. The molecule has 0 radical (unpaired) electrons. The topological polar surface area (TPSA) is 107 Å². The van der Waals surface area contributed by atoms with Crippen molar-refractivity contribution in [3.63, 3.8) is 0 Å². The maximum absolute atomic E-state index is 12.9. The summed E-state index contributed by atoms with van der Waals surface area (Å²) in [5.41, 5.74) is 0.124. The number of phenols is 2.